The fourth-order valence-corrected chi connectivity index (χ4v) is 1.94. The zero-order valence-corrected chi connectivity index (χ0v) is 11.9. The molecule has 0 aliphatic heterocycles. The molecule has 22 heavy (non-hydrogen) atoms. The molecule has 0 aliphatic carbocycles. The molecule has 9 heteroatoms. The van der Waals surface area contributed by atoms with E-state index < -0.39 is 37.0 Å². The molecular formula is C13H12ClF4NO3. The van der Waals surface area contributed by atoms with Crippen molar-refractivity contribution in [1.29, 1.82) is 0 Å². The van der Waals surface area contributed by atoms with Crippen molar-refractivity contribution in [2.45, 2.75) is 25.6 Å². The number of alkyl halides is 3. The topological polar surface area (TPSA) is 57.6 Å². The number of benzene rings is 1. The van der Waals surface area contributed by atoms with Crippen LogP contribution >= 0.6 is 11.6 Å². The van der Waals surface area contributed by atoms with E-state index in [1.165, 1.54) is 6.07 Å². The van der Waals surface area contributed by atoms with Gasteiger partial charge in [0.05, 0.1) is 0 Å². The summed E-state index contributed by atoms with van der Waals surface area (Å²) in [7, 11) is 0. The third-order valence-electron chi connectivity index (χ3n) is 2.72. The van der Waals surface area contributed by atoms with Crippen LogP contribution in [0.25, 0.3) is 0 Å². The molecule has 0 spiro atoms. The van der Waals surface area contributed by atoms with E-state index in [1.807, 2.05) is 0 Å². The van der Waals surface area contributed by atoms with Crippen LogP contribution in [0.1, 0.15) is 18.4 Å². The van der Waals surface area contributed by atoms with Crippen molar-refractivity contribution in [2.75, 3.05) is 6.54 Å². The summed E-state index contributed by atoms with van der Waals surface area (Å²) in [6.45, 7) is -0.893. The molecular weight excluding hydrogens is 330 g/mol. The van der Waals surface area contributed by atoms with Crippen LogP contribution in [0.2, 0.25) is 5.02 Å². The molecule has 0 bridgehead atoms. The van der Waals surface area contributed by atoms with E-state index in [0.717, 1.165) is 12.1 Å². The smallest absolute Gasteiger partial charge is 0.471 e. The molecule has 0 aliphatic rings. The average Bonchev–Trinajstić information content (AvgIpc) is 2.38. The SMILES string of the molecule is O=C(O)CCCN(Cc1ccc(F)cc1Cl)C(=O)C(F)(F)F. The van der Waals surface area contributed by atoms with E-state index in [-0.39, 0.29) is 23.4 Å². The summed E-state index contributed by atoms with van der Waals surface area (Å²) < 4.78 is 50.6. The molecule has 0 atom stereocenters. The van der Waals surface area contributed by atoms with Crippen molar-refractivity contribution < 1.29 is 32.3 Å². The van der Waals surface area contributed by atoms with E-state index in [9.17, 15) is 27.2 Å². The Morgan fingerprint density at radius 1 is 1.27 bits per heavy atom. The van der Waals surface area contributed by atoms with Crippen molar-refractivity contribution in [3.63, 3.8) is 0 Å². The number of hydrogen-bond acceptors (Lipinski definition) is 2. The molecule has 122 valence electrons. The summed E-state index contributed by atoms with van der Waals surface area (Å²) in [6, 6.07) is 3.10. The summed E-state index contributed by atoms with van der Waals surface area (Å²) in [5.41, 5.74) is 0.135. The third kappa shape index (κ3) is 5.51. The van der Waals surface area contributed by atoms with E-state index in [2.05, 4.69) is 0 Å². The lowest BCUT2D eigenvalue weighted by Gasteiger charge is -2.24. The molecule has 0 radical (unpaired) electrons. The van der Waals surface area contributed by atoms with Gasteiger partial charge in [-0.05, 0) is 24.1 Å². The number of nitrogens with zero attached hydrogens (tertiary/aromatic N) is 1. The maximum absolute atomic E-state index is 12.9. The number of carbonyl (C=O) groups is 2. The fraction of sp³-hybridized carbons (Fsp3) is 0.385. The van der Waals surface area contributed by atoms with Gasteiger partial charge in [0.1, 0.15) is 5.82 Å². The van der Waals surface area contributed by atoms with Crippen LogP contribution in [0.4, 0.5) is 17.6 Å². The van der Waals surface area contributed by atoms with E-state index in [4.69, 9.17) is 16.7 Å². The minimum atomic E-state index is -5.09. The number of carboxylic acid groups (broad SMARTS) is 1. The molecule has 1 aromatic rings. The maximum Gasteiger partial charge on any atom is 0.471 e. The normalized spacial score (nSPS) is 11.3. The van der Waals surface area contributed by atoms with Crippen LogP contribution in [0.3, 0.4) is 0 Å². The molecule has 1 rings (SSSR count). The Morgan fingerprint density at radius 2 is 1.91 bits per heavy atom. The van der Waals surface area contributed by atoms with Gasteiger partial charge in [-0.15, -0.1) is 0 Å². The first-order chi connectivity index (χ1) is 10.1. The van der Waals surface area contributed by atoms with Crippen molar-refractivity contribution in [1.82, 2.24) is 4.90 Å². The summed E-state index contributed by atoms with van der Waals surface area (Å²) in [5, 5.41) is 8.39. The van der Waals surface area contributed by atoms with Crippen LogP contribution in [0.5, 0.6) is 0 Å². The molecule has 1 N–H and O–H groups in total. The van der Waals surface area contributed by atoms with Gasteiger partial charge < -0.3 is 10.0 Å². The highest BCUT2D eigenvalue weighted by Gasteiger charge is 2.42. The lowest BCUT2D eigenvalue weighted by atomic mass is 10.2. The first-order valence-corrected chi connectivity index (χ1v) is 6.51. The Kier molecular flexibility index (Phi) is 6.16. The second-order valence-electron chi connectivity index (χ2n) is 4.46. The molecule has 0 saturated carbocycles. The zero-order valence-electron chi connectivity index (χ0n) is 11.2. The molecule has 1 aromatic carbocycles. The van der Waals surface area contributed by atoms with Crippen LogP contribution in [0.15, 0.2) is 18.2 Å². The Bertz CT molecular complexity index is 563. The second-order valence-corrected chi connectivity index (χ2v) is 4.86. The molecule has 1 amide bonds. The Labute approximate surface area is 128 Å². The number of rotatable bonds is 6. The fourth-order valence-electron chi connectivity index (χ4n) is 1.71. The van der Waals surface area contributed by atoms with Crippen molar-refractivity contribution >= 4 is 23.5 Å². The largest absolute Gasteiger partial charge is 0.481 e. The molecule has 0 saturated heterocycles. The predicted octanol–water partition coefficient (Wildman–Crippen LogP) is 3.23. The highest BCUT2D eigenvalue weighted by Crippen LogP contribution is 2.23. The van der Waals surface area contributed by atoms with Crippen molar-refractivity contribution in [2.24, 2.45) is 0 Å². The number of carboxylic acids is 1. The van der Waals surface area contributed by atoms with Gasteiger partial charge in [0, 0.05) is 24.5 Å². The summed E-state index contributed by atoms with van der Waals surface area (Å²) in [5.74, 6) is -3.94. The van der Waals surface area contributed by atoms with Gasteiger partial charge >= 0.3 is 18.1 Å². The molecule has 0 unspecified atom stereocenters. The lowest BCUT2D eigenvalue weighted by Crippen LogP contribution is -2.41. The van der Waals surface area contributed by atoms with Crippen LogP contribution in [-0.2, 0) is 16.1 Å². The first-order valence-electron chi connectivity index (χ1n) is 6.13. The van der Waals surface area contributed by atoms with E-state index in [1.54, 1.807) is 0 Å². The standard InChI is InChI=1S/C13H12ClF4NO3/c14-10-6-9(15)4-3-8(10)7-19(5-1-2-11(20)21)12(22)13(16,17)18/h3-4,6H,1-2,5,7H2,(H,20,21). The van der Waals surface area contributed by atoms with Crippen LogP contribution in [-0.4, -0.2) is 34.6 Å². The second kappa shape index (κ2) is 7.44. The summed E-state index contributed by atoms with van der Waals surface area (Å²) in [4.78, 5) is 22.2. The number of hydrogen-bond donors (Lipinski definition) is 1. The maximum atomic E-state index is 12.9. The van der Waals surface area contributed by atoms with Crippen LogP contribution in [0, 0.1) is 5.82 Å². The first kappa shape index (κ1) is 18.2. The highest BCUT2D eigenvalue weighted by atomic mass is 35.5. The van der Waals surface area contributed by atoms with E-state index >= 15 is 0 Å². The number of amides is 1. The van der Waals surface area contributed by atoms with E-state index in [0.29, 0.717) is 4.90 Å². The molecule has 0 heterocycles. The van der Waals surface area contributed by atoms with Gasteiger partial charge in [-0.25, -0.2) is 4.39 Å². The Hall–Kier alpha value is -1.83. The van der Waals surface area contributed by atoms with Gasteiger partial charge in [0.25, 0.3) is 0 Å². The highest BCUT2D eigenvalue weighted by molar-refractivity contribution is 6.31. The summed E-state index contributed by atoms with van der Waals surface area (Å²) in [6.07, 6.45) is -5.61. The molecule has 0 aromatic heterocycles. The monoisotopic (exact) mass is 341 g/mol. The lowest BCUT2D eigenvalue weighted by molar-refractivity contribution is -0.186. The van der Waals surface area contributed by atoms with Gasteiger partial charge in [-0.2, -0.15) is 13.2 Å². The molecule has 4 nitrogen and oxygen atoms in total. The summed E-state index contributed by atoms with van der Waals surface area (Å²) >= 11 is 5.72. The minimum absolute atomic E-state index is 0.113. The van der Waals surface area contributed by atoms with Crippen molar-refractivity contribution in [3.05, 3.63) is 34.6 Å². The van der Waals surface area contributed by atoms with Crippen molar-refractivity contribution in [3.8, 4) is 0 Å². The zero-order chi connectivity index (χ0) is 16.9. The number of halogens is 5. The third-order valence-corrected chi connectivity index (χ3v) is 3.08. The average molecular weight is 342 g/mol. The number of aliphatic carboxylic acids is 1. The Morgan fingerprint density at radius 3 is 2.41 bits per heavy atom. The minimum Gasteiger partial charge on any atom is -0.481 e. The predicted molar refractivity (Wildman–Crippen MR) is 69.8 cm³/mol. The Balaban J connectivity index is 2.89. The van der Waals surface area contributed by atoms with Gasteiger partial charge in [0.15, 0.2) is 0 Å². The molecule has 0 fully saturated rings. The quantitative estimate of drug-likeness (QED) is 0.808. The van der Waals surface area contributed by atoms with Gasteiger partial charge in [-0.1, -0.05) is 17.7 Å². The van der Waals surface area contributed by atoms with Gasteiger partial charge in [0.2, 0.25) is 0 Å². The van der Waals surface area contributed by atoms with Gasteiger partial charge in [-0.3, -0.25) is 9.59 Å². The number of carbonyl (C=O) groups excluding carboxylic acids is 1. The van der Waals surface area contributed by atoms with Crippen LogP contribution < -0.4 is 0 Å².